The van der Waals surface area contributed by atoms with Gasteiger partial charge in [-0.2, -0.15) is 0 Å². The van der Waals surface area contributed by atoms with Crippen molar-refractivity contribution in [2.45, 2.75) is 0 Å². The van der Waals surface area contributed by atoms with Gasteiger partial charge < -0.3 is 9.47 Å². The lowest BCUT2D eigenvalue weighted by molar-refractivity contribution is 1.10. The van der Waals surface area contributed by atoms with Gasteiger partial charge in [-0.05, 0) is 131 Å². The molecule has 15 aromatic rings. The van der Waals surface area contributed by atoms with Crippen molar-refractivity contribution < 1.29 is 0 Å². The van der Waals surface area contributed by atoms with Gasteiger partial charge in [-0.1, -0.05) is 206 Å². The van der Waals surface area contributed by atoms with Crippen LogP contribution in [0.3, 0.4) is 0 Å². The van der Waals surface area contributed by atoms with Gasteiger partial charge in [0.1, 0.15) is 11.6 Å². The maximum Gasteiger partial charge on any atom is 0.145 e. The molecule has 0 saturated carbocycles. The van der Waals surface area contributed by atoms with Crippen molar-refractivity contribution in [1.82, 2.24) is 23.7 Å². The van der Waals surface area contributed by atoms with E-state index in [1.165, 1.54) is 44.1 Å². The molecule has 0 atom stereocenters. The fourth-order valence-electron chi connectivity index (χ4n) is 11.1. The van der Waals surface area contributed by atoms with E-state index in [-0.39, 0.29) is 0 Å². The van der Waals surface area contributed by atoms with Crippen LogP contribution in [-0.4, -0.2) is 23.7 Å². The van der Waals surface area contributed by atoms with E-state index in [0.717, 1.165) is 79.0 Å². The molecular weight excluding hydrogens is 973 g/mol. The first-order valence-electron chi connectivity index (χ1n) is 27.1. The predicted octanol–water partition coefficient (Wildman–Crippen LogP) is 19.3. The summed E-state index contributed by atoms with van der Waals surface area (Å²) < 4.78 is 6.83. The maximum atomic E-state index is 5.01. The first kappa shape index (κ1) is 47.6. The highest BCUT2D eigenvalue weighted by Gasteiger charge is 2.18. The Balaban J connectivity index is 0.000000144. The summed E-state index contributed by atoms with van der Waals surface area (Å²) in [6.07, 6.45) is 0. The molecule has 3 aromatic heterocycles. The third kappa shape index (κ3) is 8.96. The lowest BCUT2D eigenvalue weighted by Crippen LogP contribution is -2.09. The topological polar surface area (TPSA) is 43.8 Å². The zero-order valence-corrected chi connectivity index (χ0v) is 43.7. The van der Waals surface area contributed by atoms with E-state index in [1.54, 1.807) is 0 Å². The Morgan fingerprint density at radius 2 is 0.500 bits per heavy atom. The van der Waals surface area contributed by atoms with Crippen LogP contribution in [0.5, 0.6) is 0 Å². The molecule has 0 bridgehead atoms. The smallest absolute Gasteiger partial charge is 0.145 e. The molecular formula is C74H52N6. The fourth-order valence-corrected chi connectivity index (χ4v) is 11.1. The average molecular weight is 1030 g/mol. The van der Waals surface area contributed by atoms with Crippen LogP contribution in [0, 0.1) is 0 Å². The number of nitrogens with zero attached hydrogens (tertiary/aromatic N) is 6. The van der Waals surface area contributed by atoms with Crippen molar-refractivity contribution in [2.24, 2.45) is 0 Å². The summed E-state index contributed by atoms with van der Waals surface area (Å²) in [7, 11) is 0. The maximum absolute atomic E-state index is 5.01. The van der Waals surface area contributed by atoms with Crippen molar-refractivity contribution in [3.05, 3.63) is 315 Å². The SMILES string of the molecule is c1ccc(-n2c(-c3ccc(-c4ccc(-n5c6ccccc6c6ccccc65)cc4)cc3)nc3ccccc32)cc1.c1ccc(N(c2ccccc2)c2ccc(-c3ccc(-c4nc5ccccc5n4-c4ccccc4)cc3)cc2)cc1. The molecule has 3 heterocycles. The summed E-state index contributed by atoms with van der Waals surface area (Å²) in [5, 5.41) is 2.55. The van der Waals surface area contributed by atoms with Gasteiger partial charge in [0.2, 0.25) is 0 Å². The largest absolute Gasteiger partial charge is 0.311 e. The predicted molar refractivity (Wildman–Crippen MR) is 333 cm³/mol. The monoisotopic (exact) mass is 1020 g/mol. The number of anilines is 3. The molecule has 6 heteroatoms. The molecule has 0 aliphatic carbocycles. The molecule has 0 spiro atoms. The normalized spacial score (nSPS) is 11.2. The first-order chi connectivity index (χ1) is 39.7. The van der Waals surface area contributed by atoms with Gasteiger partial charge in [-0.25, -0.2) is 9.97 Å². The number of aromatic nitrogens is 5. The van der Waals surface area contributed by atoms with Crippen molar-refractivity contribution in [2.75, 3.05) is 4.90 Å². The summed E-state index contributed by atoms with van der Waals surface area (Å²) >= 11 is 0. The van der Waals surface area contributed by atoms with Crippen LogP contribution in [-0.2, 0) is 0 Å². The van der Waals surface area contributed by atoms with Gasteiger partial charge in [0.15, 0.2) is 0 Å². The quantitative estimate of drug-likeness (QED) is 0.137. The van der Waals surface area contributed by atoms with Crippen LogP contribution < -0.4 is 4.90 Å². The number of benzene rings is 12. The van der Waals surface area contributed by atoms with Crippen molar-refractivity contribution in [1.29, 1.82) is 0 Å². The highest BCUT2D eigenvalue weighted by atomic mass is 15.1. The van der Waals surface area contributed by atoms with Gasteiger partial charge in [0.05, 0.1) is 33.1 Å². The molecule has 15 rings (SSSR count). The van der Waals surface area contributed by atoms with Crippen LogP contribution in [0.4, 0.5) is 17.1 Å². The van der Waals surface area contributed by atoms with E-state index in [2.05, 4.69) is 298 Å². The van der Waals surface area contributed by atoms with Crippen LogP contribution in [0.25, 0.3) is 106 Å². The molecule has 0 amide bonds. The minimum Gasteiger partial charge on any atom is -0.311 e. The number of para-hydroxylation sites is 10. The van der Waals surface area contributed by atoms with E-state index in [4.69, 9.17) is 9.97 Å². The lowest BCUT2D eigenvalue weighted by Gasteiger charge is -2.25. The zero-order chi connectivity index (χ0) is 53.2. The Morgan fingerprint density at radius 3 is 0.912 bits per heavy atom. The van der Waals surface area contributed by atoms with Crippen molar-refractivity contribution in [3.63, 3.8) is 0 Å². The second-order valence-electron chi connectivity index (χ2n) is 19.8. The van der Waals surface area contributed by atoms with Crippen LogP contribution >= 0.6 is 0 Å². The summed E-state index contributed by atoms with van der Waals surface area (Å²) in [4.78, 5) is 12.3. The van der Waals surface area contributed by atoms with Gasteiger partial charge in [0.25, 0.3) is 0 Å². The molecule has 12 aromatic carbocycles. The van der Waals surface area contributed by atoms with Crippen molar-refractivity contribution in [3.8, 4) is 62.1 Å². The number of hydrogen-bond donors (Lipinski definition) is 0. The van der Waals surface area contributed by atoms with E-state index in [1.807, 2.05) is 36.4 Å². The molecule has 6 nitrogen and oxygen atoms in total. The standard InChI is InChI=1S/C37H25N3.C37H27N3/c1-2-10-29(11-3-1)40-36-17-9-6-14-33(36)38-37(40)28-20-18-26(19-21-28)27-22-24-30(25-23-27)39-34-15-7-4-12-31(34)32-13-5-8-16-35(32)39;1-4-12-31(13-5-1)39(32-14-6-2-7-15-32)34-26-24-29(25-27-34)28-20-22-30(23-21-28)37-38-35-18-10-11-19-36(35)40(37)33-16-8-3-9-17-33/h1-25H;1-27H. The van der Waals surface area contributed by atoms with Gasteiger partial charge in [0, 0.05) is 56.0 Å². The van der Waals surface area contributed by atoms with E-state index >= 15 is 0 Å². The minimum atomic E-state index is 0.940. The summed E-state index contributed by atoms with van der Waals surface area (Å²) in [5.74, 6) is 1.89. The molecule has 0 saturated heterocycles. The molecule has 0 radical (unpaired) electrons. The van der Waals surface area contributed by atoms with E-state index in [9.17, 15) is 0 Å². The molecule has 378 valence electrons. The number of rotatable bonds is 10. The summed E-state index contributed by atoms with van der Waals surface area (Å²) in [5.41, 5.74) is 20.3. The van der Waals surface area contributed by atoms with E-state index < -0.39 is 0 Å². The Bertz CT molecular complexity index is 4490. The van der Waals surface area contributed by atoms with E-state index in [0.29, 0.717) is 0 Å². The Kier molecular flexibility index (Phi) is 12.5. The zero-order valence-electron chi connectivity index (χ0n) is 43.7. The van der Waals surface area contributed by atoms with Crippen LogP contribution in [0.2, 0.25) is 0 Å². The number of hydrogen-bond acceptors (Lipinski definition) is 3. The lowest BCUT2D eigenvalue weighted by atomic mass is 10.0. The van der Waals surface area contributed by atoms with Crippen LogP contribution in [0.1, 0.15) is 0 Å². The Hall–Kier alpha value is -10.8. The van der Waals surface area contributed by atoms with Gasteiger partial charge in [-0.15, -0.1) is 0 Å². The molecule has 0 aliphatic rings. The molecule has 0 fully saturated rings. The summed E-state index contributed by atoms with van der Waals surface area (Å²) in [6.45, 7) is 0. The Morgan fingerprint density at radius 1 is 0.212 bits per heavy atom. The van der Waals surface area contributed by atoms with Gasteiger partial charge in [-0.3, -0.25) is 9.13 Å². The highest BCUT2D eigenvalue weighted by molar-refractivity contribution is 6.09. The summed E-state index contributed by atoms with van der Waals surface area (Å²) in [6, 6.07) is 111. The second kappa shape index (κ2) is 21.0. The van der Waals surface area contributed by atoms with Gasteiger partial charge >= 0.3 is 0 Å². The highest BCUT2D eigenvalue weighted by Crippen LogP contribution is 2.38. The molecule has 0 unspecified atom stereocenters. The minimum absolute atomic E-state index is 0.940. The fraction of sp³-hybridized carbons (Fsp3) is 0. The van der Waals surface area contributed by atoms with Crippen LogP contribution in [0.15, 0.2) is 315 Å². The molecule has 0 N–H and O–H groups in total. The number of fused-ring (bicyclic) bond motifs is 5. The van der Waals surface area contributed by atoms with Crippen molar-refractivity contribution >= 4 is 60.9 Å². The third-order valence-corrected chi connectivity index (χ3v) is 15.0. The third-order valence-electron chi connectivity index (χ3n) is 15.0. The number of imidazole rings is 2. The molecule has 80 heavy (non-hydrogen) atoms. The average Bonchev–Trinajstić information content (AvgIpc) is 4.25. The Labute approximate surface area is 464 Å². The molecule has 0 aliphatic heterocycles. The second-order valence-corrected chi connectivity index (χ2v) is 19.8. The first-order valence-corrected chi connectivity index (χ1v) is 27.1.